The van der Waals surface area contributed by atoms with Crippen molar-refractivity contribution >= 4 is 33.3 Å². The summed E-state index contributed by atoms with van der Waals surface area (Å²) in [7, 11) is -3.94. The third-order valence-corrected chi connectivity index (χ3v) is 7.42. The Bertz CT molecular complexity index is 864. The fourth-order valence-electron chi connectivity index (χ4n) is 3.48. The van der Waals surface area contributed by atoms with Gasteiger partial charge in [0.2, 0.25) is 10.0 Å². The Hall–Kier alpha value is -1.77. The number of carbonyl (C=O) groups excluding carboxylic acids is 1. The molecule has 1 heterocycles. The number of carbonyl (C=O) groups is 1. The first-order chi connectivity index (χ1) is 12.8. The van der Waals surface area contributed by atoms with E-state index in [2.05, 4.69) is 16.7 Å². The van der Waals surface area contributed by atoms with Crippen molar-refractivity contribution in [3.05, 3.63) is 28.8 Å². The number of amides is 2. The molecule has 2 amide bonds. The summed E-state index contributed by atoms with van der Waals surface area (Å²) in [5, 5.41) is 15.8. The van der Waals surface area contributed by atoms with Crippen LogP contribution in [0.1, 0.15) is 39.0 Å². The zero-order valence-corrected chi connectivity index (χ0v) is 16.7. The summed E-state index contributed by atoms with van der Waals surface area (Å²) < 4.78 is 27.2. The summed E-state index contributed by atoms with van der Waals surface area (Å²) in [5.41, 5.74) is 1.09. The number of phenolic OH excluding ortho intramolecular Hbond substituents is 1. The number of sulfonamides is 1. The summed E-state index contributed by atoms with van der Waals surface area (Å²) in [6, 6.07) is 2.20. The molecule has 7 nitrogen and oxygen atoms in total. The zero-order valence-electron chi connectivity index (χ0n) is 15.2. The molecule has 0 radical (unpaired) electrons. The topological polar surface area (TPSA) is 98.7 Å². The van der Waals surface area contributed by atoms with Gasteiger partial charge in [-0.15, -0.1) is 0 Å². The van der Waals surface area contributed by atoms with E-state index in [1.165, 1.54) is 16.4 Å². The maximum Gasteiger partial charge on any atom is 0.319 e. The second kappa shape index (κ2) is 8.08. The fourth-order valence-corrected chi connectivity index (χ4v) is 5.59. The van der Waals surface area contributed by atoms with Crippen LogP contribution < -0.4 is 10.6 Å². The fraction of sp³-hybridized carbons (Fsp3) is 0.500. The molecule has 0 bridgehead atoms. The van der Waals surface area contributed by atoms with E-state index >= 15 is 0 Å². The highest BCUT2D eigenvalue weighted by molar-refractivity contribution is 7.89. The normalized spacial score (nSPS) is 21.0. The van der Waals surface area contributed by atoms with Crippen molar-refractivity contribution in [2.24, 2.45) is 0 Å². The van der Waals surface area contributed by atoms with Crippen LogP contribution in [0.3, 0.4) is 0 Å². The molecule has 1 aromatic rings. The third kappa shape index (κ3) is 4.23. The number of urea groups is 1. The standard InChI is InChI=1S/C18H24ClN3O4S/c1-12-6-5-7-14(12)20-18(24)21-15-9-8-13(19)17(16(15)23)27(25,26)22-10-3-2-4-11-22/h6,8-9,14,23H,2-5,7,10-11H2,1H3,(H2,20,21,24). The molecule has 1 atom stereocenters. The van der Waals surface area contributed by atoms with Gasteiger partial charge in [0.05, 0.1) is 16.8 Å². The number of aromatic hydroxyl groups is 1. The molecule has 1 aromatic carbocycles. The van der Waals surface area contributed by atoms with Crippen LogP contribution in [-0.2, 0) is 10.0 Å². The van der Waals surface area contributed by atoms with Gasteiger partial charge in [0.25, 0.3) is 0 Å². The first-order valence-electron chi connectivity index (χ1n) is 9.06. The van der Waals surface area contributed by atoms with Gasteiger partial charge < -0.3 is 15.7 Å². The monoisotopic (exact) mass is 413 g/mol. The van der Waals surface area contributed by atoms with Crippen LogP contribution in [-0.4, -0.2) is 43.0 Å². The quantitative estimate of drug-likeness (QED) is 0.520. The van der Waals surface area contributed by atoms with Crippen molar-refractivity contribution in [2.75, 3.05) is 18.4 Å². The second-order valence-electron chi connectivity index (χ2n) is 6.91. The summed E-state index contributed by atoms with van der Waals surface area (Å²) in [6.45, 7) is 2.73. The van der Waals surface area contributed by atoms with Crippen molar-refractivity contribution in [2.45, 2.75) is 50.0 Å². The number of phenols is 1. The van der Waals surface area contributed by atoms with E-state index in [9.17, 15) is 18.3 Å². The highest BCUT2D eigenvalue weighted by Crippen LogP contribution is 2.39. The SMILES string of the molecule is CC1=CCCC1NC(=O)Nc1ccc(Cl)c(S(=O)(=O)N2CCCCC2)c1O. The predicted octanol–water partition coefficient (Wildman–Crippen LogP) is 3.45. The number of nitrogens with zero attached hydrogens (tertiary/aromatic N) is 1. The molecule has 27 heavy (non-hydrogen) atoms. The Labute approximate surface area is 164 Å². The van der Waals surface area contributed by atoms with Crippen LogP contribution in [0.5, 0.6) is 5.75 Å². The lowest BCUT2D eigenvalue weighted by Crippen LogP contribution is -2.37. The third-order valence-electron chi connectivity index (χ3n) is 5.02. The molecule has 9 heteroatoms. The molecule has 0 saturated carbocycles. The van der Waals surface area contributed by atoms with E-state index in [1.807, 2.05) is 6.92 Å². The average Bonchev–Trinajstić information content (AvgIpc) is 3.03. The van der Waals surface area contributed by atoms with Crippen LogP contribution in [0.2, 0.25) is 5.02 Å². The number of hydrogen-bond donors (Lipinski definition) is 3. The number of allylic oxidation sites excluding steroid dienone is 1. The molecule has 1 saturated heterocycles. The van der Waals surface area contributed by atoms with Gasteiger partial charge in [0.15, 0.2) is 5.75 Å². The lowest BCUT2D eigenvalue weighted by Gasteiger charge is -2.27. The minimum absolute atomic E-state index is 0.00659. The summed E-state index contributed by atoms with van der Waals surface area (Å²) >= 11 is 6.10. The molecule has 3 N–H and O–H groups in total. The Morgan fingerprint density at radius 1 is 1.26 bits per heavy atom. The van der Waals surface area contributed by atoms with Crippen LogP contribution in [0.4, 0.5) is 10.5 Å². The van der Waals surface area contributed by atoms with E-state index in [1.54, 1.807) is 0 Å². The molecule has 1 aliphatic carbocycles. The van der Waals surface area contributed by atoms with Crippen molar-refractivity contribution < 1.29 is 18.3 Å². The van der Waals surface area contributed by atoms with Gasteiger partial charge in [-0.1, -0.05) is 29.7 Å². The molecule has 148 valence electrons. The Morgan fingerprint density at radius 2 is 1.96 bits per heavy atom. The number of benzene rings is 1. The van der Waals surface area contributed by atoms with E-state index in [4.69, 9.17) is 11.6 Å². The Kier molecular flexibility index (Phi) is 5.98. The Morgan fingerprint density at radius 3 is 2.59 bits per heavy atom. The Balaban J connectivity index is 1.83. The highest BCUT2D eigenvalue weighted by atomic mass is 35.5. The molecular weight excluding hydrogens is 390 g/mol. The molecule has 2 aliphatic rings. The lowest BCUT2D eigenvalue weighted by molar-refractivity contribution is 0.249. The van der Waals surface area contributed by atoms with Crippen LogP contribution in [0.15, 0.2) is 28.7 Å². The molecule has 0 aromatic heterocycles. The number of halogens is 1. The van der Waals surface area contributed by atoms with Gasteiger partial charge in [-0.25, -0.2) is 13.2 Å². The maximum atomic E-state index is 12.9. The number of anilines is 1. The summed E-state index contributed by atoms with van der Waals surface area (Å²) in [6.07, 6.45) is 6.30. The van der Waals surface area contributed by atoms with Gasteiger partial charge >= 0.3 is 6.03 Å². The number of piperidine rings is 1. The van der Waals surface area contributed by atoms with Gasteiger partial charge in [-0.2, -0.15) is 4.31 Å². The molecule has 1 fully saturated rings. The number of hydrogen-bond acceptors (Lipinski definition) is 4. The van der Waals surface area contributed by atoms with E-state index in [-0.39, 0.29) is 21.6 Å². The van der Waals surface area contributed by atoms with Crippen molar-refractivity contribution in [1.82, 2.24) is 9.62 Å². The van der Waals surface area contributed by atoms with Gasteiger partial charge in [0.1, 0.15) is 4.90 Å². The maximum absolute atomic E-state index is 12.9. The van der Waals surface area contributed by atoms with Gasteiger partial charge in [-0.3, -0.25) is 0 Å². The van der Waals surface area contributed by atoms with Crippen LogP contribution in [0.25, 0.3) is 0 Å². The minimum Gasteiger partial charge on any atom is -0.504 e. The molecule has 0 spiro atoms. The van der Waals surface area contributed by atoms with Crippen LogP contribution in [0, 0.1) is 0 Å². The summed E-state index contributed by atoms with van der Waals surface area (Å²) in [5.74, 6) is -0.540. The van der Waals surface area contributed by atoms with E-state index in [0.717, 1.165) is 37.7 Å². The highest BCUT2D eigenvalue weighted by Gasteiger charge is 2.32. The number of rotatable bonds is 4. The molecule has 3 rings (SSSR count). The predicted molar refractivity (Wildman–Crippen MR) is 105 cm³/mol. The van der Waals surface area contributed by atoms with Crippen molar-refractivity contribution in [3.8, 4) is 5.75 Å². The van der Waals surface area contributed by atoms with Crippen molar-refractivity contribution in [1.29, 1.82) is 0 Å². The van der Waals surface area contributed by atoms with Gasteiger partial charge in [-0.05, 0) is 44.7 Å². The summed E-state index contributed by atoms with van der Waals surface area (Å²) in [4.78, 5) is 11.9. The molecular formula is C18H24ClN3O4S. The molecule has 1 unspecified atom stereocenters. The molecule has 1 aliphatic heterocycles. The van der Waals surface area contributed by atoms with Gasteiger partial charge in [0, 0.05) is 13.1 Å². The van der Waals surface area contributed by atoms with Crippen molar-refractivity contribution in [3.63, 3.8) is 0 Å². The average molecular weight is 414 g/mol. The first kappa shape index (κ1) is 20.0. The minimum atomic E-state index is -3.94. The first-order valence-corrected chi connectivity index (χ1v) is 10.9. The second-order valence-corrected chi connectivity index (χ2v) is 9.20. The zero-order chi connectivity index (χ0) is 19.6. The largest absolute Gasteiger partial charge is 0.504 e. The van der Waals surface area contributed by atoms with E-state index < -0.39 is 21.8 Å². The number of nitrogens with one attached hydrogen (secondary N) is 2. The smallest absolute Gasteiger partial charge is 0.319 e. The van der Waals surface area contributed by atoms with Crippen LogP contribution >= 0.6 is 11.6 Å². The lowest BCUT2D eigenvalue weighted by atomic mass is 10.2. The van der Waals surface area contributed by atoms with E-state index in [0.29, 0.717) is 13.1 Å².